The molecule has 0 N–H and O–H groups in total. The van der Waals surface area contributed by atoms with Gasteiger partial charge in [-0.1, -0.05) is 18.5 Å². The Labute approximate surface area is 115 Å². The summed E-state index contributed by atoms with van der Waals surface area (Å²) in [6.45, 7) is 7.93. The summed E-state index contributed by atoms with van der Waals surface area (Å²) in [5.41, 5.74) is -0.0297. The van der Waals surface area contributed by atoms with Crippen LogP contribution in [0.25, 0.3) is 0 Å². The van der Waals surface area contributed by atoms with Gasteiger partial charge in [0, 0.05) is 18.1 Å². The number of benzene rings is 1. The summed E-state index contributed by atoms with van der Waals surface area (Å²) in [7, 11) is 0. The Hall–Kier alpha value is -0.730. The van der Waals surface area contributed by atoms with E-state index in [1.165, 1.54) is 13.0 Å². The minimum absolute atomic E-state index is 0.0297. The molecule has 2 nitrogen and oxygen atoms in total. The summed E-state index contributed by atoms with van der Waals surface area (Å²) in [4.78, 5) is 2.52. The van der Waals surface area contributed by atoms with E-state index in [1.54, 1.807) is 0 Å². The Morgan fingerprint density at radius 3 is 2.39 bits per heavy atom. The summed E-state index contributed by atoms with van der Waals surface area (Å²) < 4.78 is 6.14. The Kier molecular flexibility index (Phi) is 4.52. The van der Waals surface area contributed by atoms with E-state index in [-0.39, 0.29) is 5.60 Å². The van der Waals surface area contributed by atoms with Gasteiger partial charge >= 0.3 is 0 Å². The van der Waals surface area contributed by atoms with Gasteiger partial charge in [0.05, 0.1) is 0 Å². The minimum Gasteiger partial charge on any atom is -0.487 e. The molecule has 1 aliphatic heterocycles. The first-order chi connectivity index (χ1) is 8.61. The van der Waals surface area contributed by atoms with Gasteiger partial charge in [0.25, 0.3) is 0 Å². The van der Waals surface area contributed by atoms with Crippen molar-refractivity contribution >= 4 is 11.6 Å². The van der Waals surface area contributed by atoms with Crippen molar-refractivity contribution in [3.63, 3.8) is 0 Å². The zero-order valence-corrected chi connectivity index (χ0v) is 12.0. The zero-order valence-electron chi connectivity index (χ0n) is 11.3. The molecule has 2 rings (SSSR count). The lowest BCUT2D eigenvalue weighted by atomic mass is 9.93. The smallest absolute Gasteiger partial charge is 0.120 e. The standard InChI is InChI=1S/C15H22ClNO/c1-3-10-17-11-8-15(2,9-12-17)18-14-6-4-13(16)5-7-14/h4-7H,3,8-12H2,1-2H3. The van der Waals surface area contributed by atoms with Crippen LogP contribution in [0.4, 0.5) is 0 Å². The number of rotatable bonds is 4. The third-order valence-corrected chi connectivity index (χ3v) is 3.88. The number of hydrogen-bond donors (Lipinski definition) is 0. The first-order valence-corrected chi connectivity index (χ1v) is 7.16. The van der Waals surface area contributed by atoms with Crippen molar-refractivity contribution in [3.8, 4) is 5.75 Å². The van der Waals surface area contributed by atoms with Gasteiger partial charge in [0.1, 0.15) is 11.4 Å². The molecule has 0 aliphatic carbocycles. The average molecular weight is 268 g/mol. The second-order valence-electron chi connectivity index (χ2n) is 5.35. The van der Waals surface area contributed by atoms with Crippen molar-refractivity contribution < 1.29 is 4.74 Å². The molecular weight excluding hydrogens is 246 g/mol. The molecule has 1 aromatic rings. The van der Waals surface area contributed by atoms with Gasteiger partial charge in [0.2, 0.25) is 0 Å². The van der Waals surface area contributed by atoms with E-state index in [4.69, 9.17) is 16.3 Å². The SMILES string of the molecule is CCCN1CCC(C)(Oc2ccc(Cl)cc2)CC1. The van der Waals surface area contributed by atoms with Gasteiger partial charge in [-0.2, -0.15) is 0 Å². The van der Waals surface area contributed by atoms with Crippen LogP contribution in [0.2, 0.25) is 5.02 Å². The topological polar surface area (TPSA) is 12.5 Å². The van der Waals surface area contributed by atoms with Crippen LogP contribution in [0, 0.1) is 0 Å². The van der Waals surface area contributed by atoms with Crippen LogP contribution >= 0.6 is 11.6 Å². The molecule has 0 unspecified atom stereocenters. The van der Waals surface area contributed by atoms with Gasteiger partial charge in [-0.15, -0.1) is 0 Å². The van der Waals surface area contributed by atoms with Gasteiger partial charge in [-0.05, 0) is 57.0 Å². The van der Waals surface area contributed by atoms with Gasteiger partial charge in [-0.3, -0.25) is 0 Å². The van der Waals surface area contributed by atoms with Crippen molar-refractivity contribution in [2.75, 3.05) is 19.6 Å². The third-order valence-electron chi connectivity index (χ3n) is 3.63. The van der Waals surface area contributed by atoms with Crippen LogP contribution in [-0.4, -0.2) is 30.1 Å². The highest BCUT2D eigenvalue weighted by Crippen LogP contribution is 2.29. The van der Waals surface area contributed by atoms with Crippen LogP contribution in [0.15, 0.2) is 24.3 Å². The highest BCUT2D eigenvalue weighted by molar-refractivity contribution is 6.30. The van der Waals surface area contributed by atoms with Crippen LogP contribution in [0.3, 0.4) is 0 Å². The third kappa shape index (κ3) is 3.63. The molecule has 0 radical (unpaired) electrons. The molecular formula is C15H22ClNO. The van der Waals surface area contributed by atoms with E-state index < -0.39 is 0 Å². The molecule has 1 aliphatic rings. The van der Waals surface area contributed by atoms with Crippen molar-refractivity contribution in [2.24, 2.45) is 0 Å². The summed E-state index contributed by atoms with van der Waals surface area (Å²) in [6.07, 6.45) is 3.42. The second kappa shape index (κ2) is 5.94. The number of halogens is 1. The highest BCUT2D eigenvalue weighted by Gasteiger charge is 2.31. The quantitative estimate of drug-likeness (QED) is 0.818. The number of likely N-dealkylation sites (tertiary alicyclic amines) is 1. The maximum Gasteiger partial charge on any atom is 0.120 e. The van der Waals surface area contributed by atoms with Crippen LogP contribution in [0.5, 0.6) is 5.75 Å². The predicted octanol–water partition coefficient (Wildman–Crippen LogP) is 3.98. The summed E-state index contributed by atoms with van der Waals surface area (Å²) in [6, 6.07) is 7.66. The normalized spacial score (nSPS) is 19.7. The van der Waals surface area contributed by atoms with E-state index >= 15 is 0 Å². The largest absolute Gasteiger partial charge is 0.487 e. The fourth-order valence-electron chi connectivity index (χ4n) is 2.46. The Balaban J connectivity index is 1.91. The maximum absolute atomic E-state index is 6.14. The lowest BCUT2D eigenvalue weighted by molar-refractivity contribution is 0.0168. The average Bonchev–Trinajstić information content (AvgIpc) is 2.36. The summed E-state index contributed by atoms with van der Waals surface area (Å²) >= 11 is 5.88. The van der Waals surface area contributed by atoms with Gasteiger partial charge in [0.15, 0.2) is 0 Å². The second-order valence-corrected chi connectivity index (χ2v) is 5.78. The van der Waals surface area contributed by atoms with Crippen molar-refractivity contribution in [3.05, 3.63) is 29.3 Å². The molecule has 0 amide bonds. The summed E-state index contributed by atoms with van der Waals surface area (Å²) in [5.74, 6) is 0.922. The fourth-order valence-corrected chi connectivity index (χ4v) is 2.58. The molecule has 1 fully saturated rings. The van der Waals surface area contributed by atoms with E-state index in [1.807, 2.05) is 24.3 Å². The number of hydrogen-bond acceptors (Lipinski definition) is 2. The van der Waals surface area contributed by atoms with E-state index in [0.717, 1.165) is 36.7 Å². The number of piperidine rings is 1. The lowest BCUT2D eigenvalue weighted by Crippen LogP contribution is -2.46. The number of nitrogens with zero attached hydrogens (tertiary/aromatic N) is 1. The fraction of sp³-hybridized carbons (Fsp3) is 0.600. The molecule has 0 atom stereocenters. The highest BCUT2D eigenvalue weighted by atomic mass is 35.5. The van der Waals surface area contributed by atoms with E-state index in [2.05, 4.69) is 18.7 Å². The predicted molar refractivity (Wildman–Crippen MR) is 76.5 cm³/mol. The molecule has 0 saturated carbocycles. The molecule has 0 bridgehead atoms. The molecule has 0 aromatic heterocycles. The Bertz CT molecular complexity index is 369. The zero-order chi connectivity index (χ0) is 13.0. The van der Waals surface area contributed by atoms with Crippen LogP contribution in [0.1, 0.15) is 33.1 Å². The van der Waals surface area contributed by atoms with E-state index in [0.29, 0.717) is 0 Å². The molecule has 18 heavy (non-hydrogen) atoms. The first kappa shape index (κ1) is 13.7. The lowest BCUT2D eigenvalue weighted by Gasteiger charge is -2.39. The van der Waals surface area contributed by atoms with Crippen molar-refractivity contribution in [1.82, 2.24) is 4.90 Å². The van der Waals surface area contributed by atoms with E-state index in [9.17, 15) is 0 Å². The van der Waals surface area contributed by atoms with Crippen molar-refractivity contribution in [2.45, 2.75) is 38.7 Å². The minimum atomic E-state index is -0.0297. The molecule has 100 valence electrons. The maximum atomic E-state index is 6.14. The Morgan fingerprint density at radius 1 is 1.22 bits per heavy atom. The molecule has 3 heteroatoms. The van der Waals surface area contributed by atoms with Gasteiger partial charge in [-0.25, -0.2) is 0 Å². The Morgan fingerprint density at radius 2 is 1.83 bits per heavy atom. The van der Waals surface area contributed by atoms with Crippen molar-refractivity contribution in [1.29, 1.82) is 0 Å². The number of ether oxygens (including phenoxy) is 1. The monoisotopic (exact) mass is 267 g/mol. The molecule has 1 heterocycles. The summed E-state index contributed by atoms with van der Waals surface area (Å²) in [5, 5.41) is 0.755. The van der Waals surface area contributed by atoms with Gasteiger partial charge < -0.3 is 9.64 Å². The molecule has 1 saturated heterocycles. The molecule has 1 aromatic carbocycles. The van der Waals surface area contributed by atoms with Crippen LogP contribution < -0.4 is 4.74 Å². The van der Waals surface area contributed by atoms with Crippen LogP contribution in [-0.2, 0) is 0 Å². The first-order valence-electron chi connectivity index (χ1n) is 6.78. The molecule has 0 spiro atoms.